The molecule has 19 heavy (non-hydrogen) atoms. The average molecular weight is 309 g/mol. The van der Waals surface area contributed by atoms with Crippen molar-refractivity contribution in [2.75, 3.05) is 0 Å². The van der Waals surface area contributed by atoms with Gasteiger partial charge in [-0.2, -0.15) is 26.3 Å². The fraction of sp³-hybridized carbons (Fsp3) is 0.556. The maximum absolute atomic E-state index is 12.2. The second-order valence-electron chi connectivity index (χ2n) is 3.52. The second kappa shape index (κ2) is 5.49. The van der Waals surface area contributed by atoms with Crippen LogP contribution < -0.4 is 0 Å². The Morgan fingerprint density at radius 1 is 1.16 bits per heavy atom. The van der Waals surface area contributed by atoms with Crippen molar-refractivity contribution in [3.05, 3.63) is 22.7 Å². The van der Waals surface area contributed by atoms with Crippen molar-refractivity contribution in [2.45, 2.75) is 32.0 Å². The molecule has 0 radical (unpaired) electrons. The highest BCUT2D eigenvalue weighted by Crippen LogP contribution is 2.36. The van der Waals surface area contributed by atoms with Crippen molar-refractivity contribution < 1.29 is 31.1 Å². The number of aryl methyl sites for hydroxylation is 1. The largest absolute Gasteiger partial charge is 0.423 e. The molecule has 0 atom stereocenters. The Hall–Kier alpha value is -1.09. The molecule has 0 bridgehead atoms. The quantitative estimate of drug-likeness (QED) is 0.634. The lowest BCUT2D eigenvalue weighted by Gasteiger charge is -2.22. The van der Waals surface area contributed by atoms with Gasteiger partial charge in [-0.05, 0) is 13.0 Å². The van der Waals surface area contributed by atoms with Crippen molar-refractivity contribution in [3.8, 4) is 0 Å². The molecule has 0 N–H and O–H groups in total. The molecule has 1 aromatic heterocycles. The number of ether oxygens (including phenoxy) is 1. The number of hydrogen-bond donors (Lipinski definition) is 0. The van der Waals surface area contributed by atoms with Gasteiger partial charge >= 0.3 is 12.4 Å². The monoisotopic (exact) mass is 308 g/mol. The first-order valence-corrected chi connectivity index (χ1v) is 5.13. The van der Waals surface area contributed by atoms with E-state index in [1.165, 1.54) is 13.0 Å². The number of alkyl halides is 6. The van der Waals surface area contributed by atoms with Crippen LogP contribution in [-0.2, 0) is 11.3 Å². The third-order valence-electron chi connectivity index (χ3n) is 1.84. The highest BCUT2D eigenvalue weighted by molar-refractivity contribution is 6.29. The fourth-order valence-electron chi connectivity index (χ4n) is 1.19. The van der Waals surface area contributed by atoms with E-state index in [0.717, 1.165) is 0 Å². The molecular formula is C9H7ClF6N2O. The summed E-state index contributed by atoms with van der Waals surface area (Å²) in [6.07, 6.45) is -15.0. The Morgan fingerprint density at radius 2 is 1.68 bits per heavy atom. The van der Waals surface area contributed by atoms with E-state index in [0.29, 0.717) is 5.69 Å². The summed E-state index contributed by atoms with van der Waals surface area (Å²) in [5, 5.41) is -0.0957. The number of hydrogen-bond acceptors (Lipinski definition) is 3. The third kappa shape index (κ3) is 4.83. The zero-order chi connectivity index (χ0) is 14.8. The predicted octanol–water partition coefficient (Wildman–Crippen LogP) is 3.45. The molecular weight excluding hydrogens is 302 g/mol. The van der Waals surface area contributed by atoms with Crippen LogP contribution in [0.5, 0.6) is 0 Å². The van der Waals surface area contributed by atoms with E-state index in [4.69, 9.17) is 11.6 Å². The van der Waals surface area contributed by atoms with Crippen LogP contribution in [-0.4, -0.2) is 28.4 Å². The Morgan fingerprint density at radius 3 is 2.11 bits per heavy atom. The summed E-state index contributed by atoms with van der Waals surface area (Å²) in [4.78, 5) is 7.08. The summed E-state index contributed by atoms with van der Waals surface area (Å²) in [6.45, 7) is 0.410. The van der Waals surface area contributed by atoms with E-state index in [9.17, 15) is 26.3 Å². The van der Waals surface area contributed by atoms with Gasteiger partial charge in [-0.15, -0.1) is 0 Å². The molecule has 0 aliphatic rings. The predicted molar refractivity (Wildman–Crippen MR) is 52.5 cm³/mol. The molecule has 0 saturated carbocycles. The first kappa shape index (κ1) is 16.0. The summed E-state index contributed by atoms with van der Waals surface area (Å²) < 4.78 is 76.8. The fourth-order valence-corrected chi connectivity index (χ4v) is 1.44. The molecule has 0 aliphatic carbocycles. The van der Waals surface area contributed by atoms with E-state index in [-0.39, 0.29) is 11.0 Å². The topological polar surface area (TPSA) is 35.0 Å². The summed E-state index contributed by atoms with van der Waals surface area (Å²) in [5.74, 6) is -0.358. The normalized spacial score (nSPS) is 13.1. The third-order valence-corrected chi connectivity index (χ3v) is 2.04. The standard InChI is InChI=1S/C9H7ClF6N2O/c1-4-2-5(10)18-6(17-4)3-19-7(8(11,12)13)9(14,15)16/h2,7H,3H2,1H3. The zero-order valence-corrected chi connectivity index (χ0v) is 10.1. The lowest BCUT2D eigenvalue weighted by atomic mass is 10.3. The van der Waals surface area contributed by atoms with Crippen LogP contribution in [0.25, 0.3) is 0 Å². The minimum Gasteiger partial charge on any atom is -0.353 e. The van der Waals surface area contributed by atoms with Gasteiger partial charge in [0.25, 0.3) is 0 Å². The van der Waals surface area contributed by atoms with Gasteiger partial charge in [-0.3, -0.25) is 0 Å². The molecule has 1 heterocycles. The molecule has 0 amide bonds. The van der Waals surface area contributed by atoms with E-state index >= 15 is 0 Å². The number of halogens is 7. The van der Waals surface area contributed by atoms with Crippen molar-refractivity contribution in [3.63, 3.8) is 0 Å². The van der Waals surface area contributed by atoms with Crippen molar-refractivity contribution in [1.29, 1.82) is 0 Å². The smallest absolute Gasteiger partial charge is 0.353 e. The number of rotatable bonds is 3. The Balaban J connectivity index is 2.83. The van der Waals surface area contributed by atoms with Gasteiger partial charge in [0.1, 0.15) is 11.8 Å². The van der Waals surface area contributed by atoms with Gasteiger partial charge in [0, 0.05) is 5.69 Å². The number of aromatic nitrogens is 2. The van der Waals surface area contributed by atoms with E-state index in [2.05, 4.69) is 14.7 Å². The van der Waals surface area contributed by atoms with Crippen LogP contribution in [0.3, 0.4) is 0 Å². The highest BCUT2D eigenvalue weighted by atomic mass is 35.5. The Bertz CT molecular complexity index is 413. The number of nitrogens with zero attached hydrogens (tertiary/aromatic N) is 2. The van der Waals surface area contributed by atoms with Gasteiger partial charge < -0.3 is 4.74 Å². The van der Waals surface area contributed by atoms with E-state index in [1.807, 2.05) is 0 Å². The van der Waals surface area contributed by atoms with Crippen LogP contribution >= 0.6 is 11.6 Å². The van der Waals surface area contributed by atoms with E-state index in [1.54, 1.807) is 0 Å². The Labute approximate surface area is 108 Å². The first-order chi connectivity index (χ1) is 8.50. The van der Waals surface area contributed by atoms with Crippen molar-refractivity contribution in [1.82, 2.24) is 9.97 Å². The maximum Gasteiger partial charge on any atom is 0.423 e. The zero-order valence-electron chi connectivity index (χ0n) is 9.31. The van der Waals surface area contributed by atoms with E-state index < -0.39 is 25.1 Å². The van der Waals surface area contributed by atoms with Crippen molar-refractivity contribution in [2.24, 2.45) is 0 Å². The average Bonchev–Trinajstić information content (AvgIpc) is 2.11. The van der Waals surface area contributed by atoms with Crippen LogP contribution in [0.15, 0.2) is 6.07 Å². The van der Waals surface area contributed by atoms with Gasteiger partial charge in [0.15, 0.2) is 5.82 Å². The first-order valence-electron chi connectivity index (χ1n) is 4.75. The lowest BCUT2D eigenvalue weighted by Crippen LogP contribution is -2.44. The summed E-state index contributed by atoms with van der Waals surface area (Å²) in [5.41, 5.74) is 0.300. The molecule has 3 nitrogen and oxygen atoms in total. The molecule has 1 rings (SSSR count). The molecule has 10 heteroatoms. The molecule has 108 valence electrons. The van der Waals surface area contributed by atoms with Crippen LogP contribution in [0, 0.1) is 6.92 Å². The minimum atomic E-state index is -5.56. The van der Waals surface area contributed by atoms with Crippen LogP contribution in [0.1, 0.15) is 11.5 Å². The summed E-state index contributed by atoms with van der Waals surface area (Å²) >= 11 is 5.49. The highest BCUT2D eigenvalue weighted by Gasteiger charge is 2.58. The van der Waals surface area contributed by atoms with Gasteiger partial charge in [0.05, 0.1) is 0 Å². The second-order valence-corrected chi connectivity index (χ2v) is 3.91. The SMILES string of the molecule is Cc1cc(Cl)nc(COC(C(F)(F)F)C(F)(F)F)n1. The summed E-state index contributed by atoms with van der Waals surface area (Å²) in [6, 6.07) is 1.30. The van der Waals surface area contributed by atoms with Gasteiger partial charge in [-0.25, -0.2) is 9.97 Å². The molecule has 0 unspecified atom stereocenters. The molecule has 0 fully saturated rings. The summed E-state index contributed by atoms with van der Waals surface area (Å²) in [7, 11) is 0. The van der Waals surface area contributed by atoms with Crippen molar-refractivity contribution >= 4 is 11.6 Å². The Kier molecular flexibility index (Phi) is 4.62. The molecule has 0 saturated heterocycles. The molecule has 1 aromatic rings. The van der Waals surface area contributed by atoms with Crippen LogP contribution in [0.4, 0.5) is 26.3 Å². The lowest BCUT2D eigenvalue weighted by molar-refractivity contribution is -0.324. The molecule has 0 aliphatic heterocycles. The molecule has 0 aromatic carbocycles. The minimum absolute atomic E-state index is 0.0957. The van der Waals surface area contributed by atoms with Gasteiger partial charge in [-0.1, -0.05) is 11.6 Å². The maximum atomic E-state index is 12.2. The van der Waals surface area contributed by atoms with Crippen LogP contribution in [0.2, 0.25) is 5.15 Å². The van der Waals surface area contributed by atoms with Gasteiger partial charge in [0.2, 0.25) is 6.10 Å². The molecule has 0 spiro atoms.